The highest BCUT2D eigenvalue weighted by atomic mass is 35.5. The van der Waals surface area contributed by atoms with Crippen molar-refractivity contribution in [1.82, 2.24) is 5.32 Å². The molecule has 0 saturated heterocycles. The number of para-hydroxylation sites is 1. The van der Waals surface area contributed by atoms with Crippen LogP contribution in [0.5, 0.6) is 0 Å². The lowest BCUT2D eigenvalue weighted by molar-refractivity contribution is -0.121. The maximum atomic E-state index is 12.3. The average molecular weight is 387 g/mol. The van der Waals surface area contributed by atoms with Crippen molar-refractivity contribution < 1.29 is 9.59 Å². The first-order valence-electron chi connectivity index (χ1n) is 9.36. The number of carbonyl (C=O) groups excluding carboxylic acids is 2. The summed E-state index contributed by atoms with van der Waals surface area (Å²) in [6, 6.07) is 13.4. The SMILES string of the molecule is CCc1cccc(CC)c1N(CCNC(=O)Cc1ccc(Cl)cc1)C(C)=O. The molecule has 0 spiro atoms. The molecule has 0 fully saturated rings. The van der Waals surface area contributed by atoms with Crippen LogP contribution < -0.4 is 10.2 Å². The van der Waals surface area contributed by atoms with Crippen LogP contribution in [0.3, 0.4) is 0 Å². The molecule has 0 saturated carbocycles. The van der Waals surface area contributed by atoms with Crippen molar-refractivity contribution in [3.8, 4) is 0 Å². The van der Waals surface area contributed by atoms with Gasteiger partial charge >= 0.3 is 0 Å². The Morgan fingerprint density at radius 1 is 1.00 bits per heavy atom. The molecule has 0 unspecified atom stereocenters. The van der Waals surface area contributed by atoms with Crippen LogP contribution in [0.2, 0.25) is 5.02 Å². The van der Waals surface area contributed by atoms with Crippen molar-refractivity contribution in [1.29, 1.82) is 0 Å². The molecule has 0 bridgehead atoms. The van der Waals surface area contributed by atoms with Gasteiger partial charge in [0.05, 0.1) is 12.1 Å². The van der Waals surface area contributed by atoms with Crippen LogP contribution in [0.4, 0.5) is 5.69 Å². The monoisotopic (exact) mass is 386 g/mol. The third-order valence-electron chi connectivity index (χ3n) is 4.55. The highest BCUT2D eigenvalue weighted by molar-refractivity contribution is 6.30. The van der Waals surface area contributed by atoms with Gasteiger partial charge in [-0.2, -0.15) is 0 Å². The lowest BCUT2D eigenvalue weighted by Gasteiger charge is -2.26. The molecule has 4 nitrogen and oxygen atoms in total. The normalized spacial score (nSPS) is 10.5. The number of hydrogen-bond acceptors (Lipinski definition) is 2. The molecular formula is C22H27ClN2O2. The molecule has 0 aliphatic rings. The molecule has 0 aromatic heterocycles. The standard InChI is InChI=1S/C22H27ClN2O2/c1-4-18-7-6-8-19(5-2)22(18)25(16(3)26)14-13-24-21(27)15-17-9-11-20(23)12-10-17/h6-12H,4-5,13-15H2,1-3H3,(H,24,27). The predicted octanol–water partition coefficient (Wildman–Crippen LogP) is 4.18. The summed E-state index contributed by atoms with van der Waals surface area (Å²) in [6.45, 7) is 6.61. The smallest absolute Gasteiger partial charge is 0.224 e. The third kappa shape index (κ3) is 5.83. The molecule has 27 heavy (non-hydrogen) atoms. The van der Waals surface area contributed by atoms with E-state index in [2.05, 4.69) is 31.3 Å². The van der Waals surface area contributed by atoms with Crippen LogP contribution >= 0.6 is 11.6 Å². The van der Waals surface area contributed by atoms with E-state index in [1.54, 1.807) is 24.0 Å². The zero-order valence-electron chi connectivity index (χ0n) is 16.2. The van der Waals surface area contributed by atoms with Gasteiger partial charge < -0.3 is 10.2 Å². The minimum absolute atomic E-state index is 0.0162. The number of nitrogens with one attached hydrogen (secondary N) is 1. The fourth-order valence-corrected chi connectivity index (χ4v) is 3.27. The summed E-state index contributed by atoms with van der Waals surface area (Å²) in [6.07, 6.45) is 2.01. The molecular weight excluding hydrogens is 360 g/mol. The number of hydrogen-bond donors (Lipinski definition) is 1. The fourth-order valence-electron chi connectivity index (χ4n) is 3.15. The first-order valence-corrected chi connectivity index (χ1v) is 9.74. The van der Waals surface area contributed by atoms with E-state index >= 15 is 0 Å². The summed E-state index contributed by atoms with van der Waals surface area (Å²) in [4.78, 5) is 26.2. The molecule has 2 amide bonds. The number of aryl methyl sites for hydroxylation is 2. The van der Waals surface area contributed by atoms with Crippen molar-refractivity contribution in [2.45, 2.75) is 40.0 Å². The highest BCUT2D eigenvalue weighted by Crippen LogP contribution is 2.27. The quantitative estimate of drug-likeness (QED) is 0.739. The number of nitrogens with zero attached hydrogens (tertiary/aromatic N) is 1. The second-order valence-electron chi connectivity index (χ2n) is 6.46. The van der Waals surface area contributed by atoms with Crippen LogP contribution in [0.1, 0.15) is 37.5 Å². The third-order valence-corrected chi connectivity index (χ3v) is 4.80. The molecule has 0 aliphatic heterocycles. The molecule has 2 aromatic carbocycles. The Morgan fingerprint density at radius 2 is 1.59 bits per heavy atom. The molecule has 2 rings (SSSR count). The van der Waals surface area contributed by atoms with E-state index < -0.39 is 0 Å². The molecule has 1 N–H and O–H groups in total. The van der Waals surface area contributed by atoms with Gasteiger partial charge in [0, 0.05) is 25.0 Å². The van der Waals surface area contributed by atoms with Crippen molar-refractivity contribution in [2.24, 2.45) is 0 Å². The Labute approximate surface area is 166 Å². The Balaban J connectivity index is 2.02. The van der Waals surface area contributed by atoms with Gasteiger partial charge in [0.2, 0.25) is 11.8 Å². The van der Waals surface area contributed by atoms with E-state index in [9.17, 15) is 9.59 Å². The van der Waals surface area contributed by atoms with Crippen molar-refractivity contribution in [3.05, 3.63) is 64.2 Å². The number of amides is 2. The van der Waals surface area contributed by atoms with Crippen LogP contribution in [0, 0.1) is 0 Å². The molecule has 2 aromatic rings. The maximum absolute atomic E-state index is 12.3. The van der Waals surface area contributed by atoms with Gasteiger partial charge in [0.25, 0.3) is 0 Å². The van der Waals surface area contributed by atoms with Crippen LogP contribution in [-0.2, 0) is 28.9 Å². The molecule has 0 heterocycles. The zero-order chi connectivity index (χ0) is 19.8. The summed E-state index contributed by atoms with van der Waals surface area (Å²) in [7, 11) is 0. The Kier molecular flexibility index (Phi) is 7.86. The summed E-state index contributed by atoms with van der Waals surface area (Å²) in [5, 5.41) is 3.56. The molecule has 0 atom stereocenters. The lowest BCUT2D eigenvalue weighted by Crippen LogP contribution is -2.39. The average Bonchev–Trinajstić information content (AvgIpc) is 2.66. The summed E-state index contributed by atoms with van der Waals surface area (Å²) >= 11 is 5.87. The zero-order valence-corrected chi connectivity index (χ0v) is 17.0. The van der Waals surface area contributed by atoms with Crippen LogP contribution in [0.25, 0.3) is 0 Å². The van der Waals surface area contributed by atoms with Gasteiger partial charge in [-0.3, -0.25) is 9.59 Å². The summed E-state index contributed by atoms with van der Waals surface area (Å²) < 4.78 is 0. The van der Waals surface area contributed by atoms with E-state index in [1.807, 2.05) is 18.2 Å². The topological polar surface area (TPSA) is 49.4 Å². The Morgan fingerprint density at radius 3 is 2.11 bits per heavy atom. The van der Waals surface area contributed by atoms with Gasteiger partial charge in [-0.25, -0.2) is 0 Å². The number of rotatable bonds is 8. The minimum atomic E-state index is -0.0692. The van der Waals surface area contributed by atoms with Gasteiger partial charge in [-0.15, -0.1) is 0 Å². The van der Waals surface area contributed by atoms with Gasteiger partial charge in [0.15, 0.2) is 0 Å². The highest BCUT2D eigenvalue weighted by Gasteiger charge is 2.18. The molecule has 0 aliphatic carbocycles. The second-order valence-corrected chi connectivity index (χ2v) is 6.89. The first kappa shape index (κ1) is 21.0. The fraction of sp³-hybridized carbons (Fsp3) is 0.364. The number of carbonyl (C=O) groups is 2. The number of anilines is 1. The minimum Gasteiger partial charge on any atom is -0.354 e. The van der Waals surface area contributed by atoms with E-state index in [-0.39, 0.29) is 11.8 Å². The molecule has 144 valence electrons. The van der Waals surface area contributed by atoms with Crippen molar-refractivity contribution >= 4 is 29.1 Å². The van der Waals surface area contributed by atoms with E-state index in [0.29, 0.717) is 24.5 Å². The van der Waals surface area contributed by atoms with Crippen molar-refractivity contribution in [2.75, 3.05) is 18.0 Å². The van der Waals surface area contributed by atoms with E-state index in [0.717, 1.165) is 35.2 Å². The van der Waals surface area contributed by atoms with E-state index in [4.69, 9.17) is 11.6 Å². The Hall–Kier alpha value is -2.33. The maximum Gasteiger partial charge on any atom is 0.224 e. The van der Waals surface area contributed by atoms with Gasteiger partial charge in [-0.05, 0) is 41.7 Å². The lowest BCUT2D eigenvalue weighted by atomic mass is 10.0. The summed E-state index contributed by atoms with van der Waals surface area (Å²) in [5.74, 6) is -0.0853. The largest absolute Gasteiger partial charge is 0.354 e. The number of halogens is 1. The van der Waals surface area contributed by atoms with Crippen molar-refractivity contribution in [3.63, 3.8) is 0 Å². The van der Waals surface area contributed by atoms with E-state index in [1.165, 1.54) is 0 Å². The van der Waals surface area contributed by atoms with Gasteiger partial charge in [-0.1, -0.05) is 55.8 Å². The summed E-state index contributed by atoms with van der Waals surface area (Å²) in [5.41, 5.74) is 4.20. The first-order chi connectivity index (χ1) is 13.0. The number of benzene rings is 2. The molecule has 5 heteroatoms. The van der Waals surface area contributed by atoms with Gasteiger partial charge in [0.1, 0.15) is 0 Å². The second kappa shape index (κ2) is 10.1. The predicted molar refractivity (Wildman–Crippen MR) is 111 cm³/mol. The van der Waals surface area contributed by atoms with Crippen LogP contribution in [-0.4, -0.2) is 24.9 Å². The van der Waals surface area contributed by atoms with Crippen LogP contribution in [0.15, 0.2) is 42.5 Å². The Bertz CT molecular complexity index is 765. The molecule has 0 radical (unpaired) electrons.